The summed E-state index contributed by atoms with van der Waals surface area (Å²) in [7, 11) is 0. The van der Waals surface area contributed by atoms with Crippen molar-refractivity contribution >= 4 is 17.7 Å². The number of amides is 1. The molecule has 0 bridgehead atoms. The molecule has 0 radical (unpaired) electrons. The summed E-state index contributed by atoms with van der Waals surface area (Å²) in [5.74, 6) is -0.838. The van der Waals surface area contributed by atoms with Gasteiger partial charge in [0.1, 0.15) is 0 Å². The van der Waals surface area contributed by atoms with Crippen molar-refractivity contribution in [2.24, 2.45) is 0 Å². The average molecular weight is 229 g/mol. The summed E-state index contributed by atoms with van der Waals surface area (Å²) < 4.78 is 35.0. The molecule has 0 aliphatic carbocycles. The van der Waals surface area contributed by atoms with E-state index >= 15 is 0 Å². The predicted molar refractivity (Wildman–Crippen MR) is 51.3 cm³/mol. The van der Waals surface area contributed by atoms with E-state index < -0.39 is 12.1 Å². The predicted octanol–water partition coefficient (Wildman–Crippen LogP) is 2.20. The highest BCUT2D eigenvalue weighted by atomic mass is 32.2. The summed E-state index contributed by atoms with van der Waals surface area (Å²) in [4.78, 5) is 10.3. The van der Waals surface area contributed by atoms with Gasteiger partial charge in [-0.05, 0) is 24.9 Å². The second kappa shape index (κ2) is 6.98. The lowest BCUT2D eigenvalue weighted by Crippen LogP contribution is -2.37. The van der Waals surface area contributed by atoms with E-state index in [9.17, 15) is 18.0 Å². The van der Waals surface area contributed by atoms with E-state index in [0.29, 0.717) is 6.42 Å². The maximum absolute atomic E-state index is 11.7. The first-order chi connectivity index (χ1) is 6.48. The maximum Gasteiger partial charge on any atom is 0.471 e. The second-order valence-corrected chi connectivity index (χ2v) is 3.79. The summed E-state index contributed by atoms with van der Waals surface area (Å²) in [6, 6.07) is 0. The average Bonchev–Trinajstić information content (AvgIpc) is 2.09. The smallest absolute Gasteiger partial charge is 0.348 e. The topological polar surface area (TPSA) is 29.1 Å². The molecular weight excluding hydrogens is 215 g/mol. The lowest BCUT2D eigenvalue weighted by molar-refractivity contribution is -0.173. The van der Waals surface area contributed by atoms with Crippen molar-refractivity contribution in [3.8, 4) is 0 Å². The van der Waals surface area contributed by atoms with Gasteiger partial charge in [0.05, 0.1) is 0 Å². The van der Waals surface area contributed by atoms with Crippen LogP contribution in [0.3, 0.4) is 0 Å². The molecule has 0 aliphatic rings. The van der Waals surface area contributed by atoms with Crippen LogP contribution in [0.1, 0.15) is 19.3 Å². The third kappa shape index (κ3) is 7.06. The Morgan fingerprint density at radius 2 is 1.93 bits per heavy atom. The number of nitrogens with one attached hydrogen (secondary N) is 1. The number of hydrogen-bond acceptors (Lipinski definition) is 2. The molecule has 0 aromatic carbocycles. The van der Waals surface area contributed by atoms with Crippen LogP contribution in [0.4, 0.5) is 13.2 Å². The van der Waals surface area contributed by atoms with E-state index in [0.717, 1.165) is 18.6 Å². The van der Waals surface area contributed by atoms with Crippen molar-refractivity contribution in [2.45, 2.75) is 25.4 Å². The molecule has 0 heterocycles. The summed E-state index contributed by atoms with van der Waals surface area (Å²) in [6.07, 6.45) is -0.352. The number of carbonyl (C=O) groups excluding carboxylic acids is 1. The molecule has 2 nitrogen and oxygen atoms in total. The number of hydrogen-bond donors (Lipinski definition) is 1. The Hall–Kier alpha value is -0.390. The standard InChI is InChI=1S/C8H14F3NOS/c1-14-6-4-2-3-5-12-7(13)8(9,10)11/h2-6H2,1H3,(H,12,13). The molecule has 0 atom stereocenters. The summed E-state index contributed by atoms with van der Waals surface area (Å²) in [6.45, 7) is 0.104. The van der Waals surface area contributed by atoms with Gasteiger partial charge < -0.3 is 5.32 Å². The fourth-order valence-electron chi connectivity index (χ4n) is 0.850. The first-order valence-corrected chi connectivity index (χ1v) is 5.72. The molecule has 14 heavy (non-hydrogen) atoms. The zero-order valence-corrected chi connectivity index (χ0v) is 8.80. The van der Waals surface area contributed by atoms with E-state index in [-0.39, 0.29) is 6.54 Å². The van der Waals surface area contributed by atoms with Crippen LogP contribution < -0.4 is 5.32 Å². The fourth-order valence-corrected chi connectivity index (χ4v) is 1.34. The number of alkyl halides is 3. The molecule has 0 fully saturated rings. The third-order valence-corrected chi connectivity index (χ3v) is 2.27. The number of halogens is 3. The van der Waals surface area contributed by atoms with Crippen molar-refractivity contribution in [1.82, 2.24) is 5.32 Å². The van der Waals surface area contributed by atoms with E-state index in [4.69, 9.17) is 0 Å². The minimum Gasteiger partial charge on any atom is -0.348 e. The lowest BCUT2D eigenvalue weighted by Gasteiger charge is -2.07. The molecule has 0 spiro atoms. The molecule has 1 amide bonds. The van der Waals surface area contributed by atoms with Gasteiger partial charge in [-0.15, -0.1) is 0 Å². The van der Waals surface area contributed by atoms with Crippen LogP contribution in [0.25, 0.3) is 0 Å². The van der Waals surface area contributed by atoms with Gasteiger partial charge in [-0.2, -0.15) is 24.9 Å². The lowest BCUT2D eigenvalue weighted by atomic mass is 10.2. The Morgan fingerprint density at radius 1 is 1.29 bits per heavy atom. The Labute approximate surface area is 85.6 Å². The Kier molecular flexibility index (Phi) is 6.78. The number of rotatable bonds is 6. The van der Waals surface area contributed by atoms with Gasteiger partial charge in [0.25, 0.3) is 0 Å². The number of thioether (sulfide) groups is 1. The fraction of sp³-hybridized carbons (Fsp3) is 0.875. The van der Waals surface area contributed by atoms with Gasteiger partial charge in [0.2, 0.25) is 0 Å². The van der Waals surface area contributed by atoms with Crippen LogP contribution in [0.5, 0.6) is 0 Å². The van der Waals surface area contributed by atoms with Gasteiger partial charge in [0, 0.05) is 6.54 Å². The Morgan fingerprint density at radius 3 is 2.43 bits per heavy atom. The van der Waals surface area contributed by atoms with Gasteiger partial charge in [-0.25, -0.2) is 0 Å². The highest BCUT2D eigenvalue weighted by Gasteiger charge is 2.37. The molecule has 0 aromatic heterocycles. The second-order valence-electron chi connectivity index (χ2n) is 2.81. The molecule has 1 N–H and O–H groups in total. The van der Waals surface area contributed by atoms with Crippen molar-refractivity contribution in [3.05, 3.63) is 0 Å². The summed E-state index contributed by atoms with van der Waals surface area (Å²) >= 11 is 1.70. The number of unbranched alkanes of at least 4 members (excludes halogenated alkanes) is 2. The molecular formula is C8H14F3NOS. The number of carbonyl (C=O) groups is 1. The van der Waals surface area contributed by atoms with Crippen LogP contribution >= 0.6 is 11.8 Å². The Balaban J connectivity index is 3.33. The normalized spacial score (nSPS) is 11.4. The van der Waals surface area contributed by atoms with E-state index in [1.165, 1.54) is 0 Å². The van der Waals surface area contributed by atoms with E-state index in [2.05, 4.69) is 0 Å². The van der Waals surface area contributed by atoms with Gasteiger partial charge in [0.15, 0.2) is 0 Å². The highest BCUT2D eigenvalue weighted by Crippen LogP contribution is 2.13. The molecule has 0 saturated heterocycles. The van der Waals surface area contributed by atoms with Crippen LogP contribution in [-0.4, -0.2) is 30.6 Å². The van der Waals surface area contributed by atoms with E-state index in [1.54, 1.807) is 11.8 Å². The van der Waals surface area contributed by atoms with Crippen LogP contribution in [0.2, 0.25) is 0 Å². The first-order valence-electron chi connectivity index (χ1n) is 4.32. The highest BCUT2D eigenvalue weighted by molar-refractivity contribution is 7.98. The molecule has 84 valence electrons. The molecule has 0 unspecified atom stereocenters. The van der Waals surface area contributed by atoms with Gasteiger partial charge in [-0.1, -0.05) is 6.42 Å². The molecule has 0 aliphatic heterocycles. The van der Waals surface area contributed by atoms with E-state index in [1.807, 2.05) is 11.6 Å². The van der Waals surface area contributed by atoms with Crippen molar-refractivity contribution < 1.29 is 18.0 Å². The minimum absolute atomic E-state index is 0.104. The van der Waals surface area contributed by atoms with Crippen molar-refractivity contribution in [1.29, 1.82) is 0 Å². The largest absolute Gasteiger partial charge is 0.471 e. The maximum atomic E-state index is 11.7. The molecule has 6 heteroatoms. The summed E-state index contributed by atoms with van der Waals surface area (Å²) in [5, 5.41) is 1.83. The zero-order valence-electron chi connectivity index (χ0n) is 7.99. The quantitative estimate of drug-likeness (QED) is 0.707. The SMILES string of the molecule is CSCCCCCNC(=O)C(F)(F)F. The monoisotopic (exact) mass is 229 g/mol. The zero-order chi connectivity index (χ0) is 11.0. The summed E-state index contributed by atoms with van der Waals surface area (Å²) in [5.41, 5.74) is 0. The Bertz CT molecular complexity index is 172. The van der Waals surface area contributed by atoms with Gasteiger partial charge >= 0.3 is 12.1 Å². The molecule has 0 aromatic rings. The molecule has 0 rings (SSSR count). The minimum atomic E-state index is -4.75. The van der Waals surface area contributed by atoms with Crippen LogP contribution in [-0.2, 0) is 4.79 Å². The van der Waals surface area contributed by atoms with Crippen molar-refractivity contribution in [3.63, 3.8) is 0 Å². The van der Waals surface area contributed by atoms with Gasteiger partial charge in [-0.3, -0.25) is 4.79 Å². The van der Waals surface area contributed by atoms with Crippen LogP contribution in [0, 0.1) is 0 Å². The first kappa shape index (κ1) is 13.6. The molecule has 0 saturated carbocycles. The third-order valence-electron chi connectivity index (χ3n) is 1.57. The van der Waals surface area contributed by atoms with Crippen molar-refractivity contribution in [2.75, 3.05) is 18.6 Å². The van der Waals surface area contributed by atoms with Crippen LogP contribution in [0.15, 0.2) is 0 Å².